The van der Waals surface area contributed by atoms with Gasteiger partial charge in [-0.05, 0) is 56.3 Å². The Morgan fingerprint density at radius 1 is 1.08 bits per heavy atom. The molecule has 1 heterocycles. The summed E-state index contributed by atoms with van der Waals surface area (Å²) in [7, 11) is -0.106. The van der Waals surface area contributed by atoms with E-state index in [0.717, 1.165) is 6.42 Å². The molecule has 2 atom stereocenters. The number of hydrogen-bond acceptors (Lipinski definition) is 5. The SMILES string of the molecule is COC(C)(C)OC[C@H](C)[C@H](CC1SCCCS1)O[Si](C)(C)C(C)(C)C. The molecule has 0 bridgehead atoms. The van der Waals surface area contributed by atoms with Crippen molar-refractivity contribution in [2.75, 3.05) is 25.2 Å². The summed E-state index contributed by atoms with van der Waals surface area (Å²) >= 11 is 4.21. The van der Waals surface area contributed by atoms with Crippen LogP contribution in [-0.4, -0.2) is 50.0 Å². The zero-order valence-electron chi connectivity index (χ0n) is 17.8. The van der Waals surface area contributed by atoms with Crippen LogP contribution in [0.1, 0.15) is 54.4 Å². The topological polar surface area (TPSA) is 27.7 Å². The van der Waals surface area contributed by atoms with Crippen molar-refractivity contribution in [1.82, 2.24) is 0 Å². The van der Waals surface area contributed by atoms with Crippen molar-refractivity contribution in [3.05, 3.63) is 0 Å². The number of ether oxygens (including phenoxy) is 2. The predicted molar refractivity (Wildman–Crippen MR) is 116 cm³/mol. The molecule has 0 unspecified atom stereocenters. The van der Waals surface area contributed by atoms with Gasteiger partial charge in [0.15, 0.2) is 14.1 Å². The molecular weight excluding hydrogens is 368 g/mol. The molecule has 150 valence electrons. The predicted octanol–water partition coefficient (Wildman–Crippen LogP) is 6.00. The standard InChI is InChI=1S/C19H40O3S2Si/c1-15(14-21-19(5,6)20-7)16(13-17-23-11-10-12-24-17)22-25(8,9)18(2,3)4/h15-17H,10-14H2,1-9H3/t15-,16-/m0/s1. The van der Waals surface area contributed by atoms with Gasteiger partial charge >= 0.3 is 0 Å². The smallest absolute Gasteiger partial charge is 0.192 e. The summed E-state index contributed by atoms with van der Waals surface area (Å²) < 4.78 is 18.9. The molecule has 1 fully saturated rings. The van der Waals surface area contributed by atoms with Crippen molar-refractivity contribution < 1.29 is 13.9 Å². The first-order valence-corrected chi connectivity index (χ1v) is 14.5. The Bertz CT molecular complexity index is 391. The minimum atomic E-state index is -1.80. The molecule has 6 heteroatoms. The van der Waals surface area contributed by atoms with Gasteiger partial charge in [0.1, 0.15) is 0 Å². The van der Waals surface area contributed by atoms with E-state index in [1.54, 1.807) is 7.11 Å². The summed E-state index contributed by atoms with van der Waals surface area (Å²) in [6.45, 7) is 18.5. The fraction of sp³-hybridized carbons (Fsp3) is 1.00. The molecule has 0 amide bonds. The Morgan fingerprint density at radius 2 is 1.64 bits per heavy atom. The minimum Gasteiger partial charge on any atom is -0.414 e. The van der Waals surface area contributed by atoms with Crippen LogP contribution < -0.4 is 0 Å². The second-order valence-corrected chi connectivity index (χ2v) is 16.7. The van der Waals surface area contributed by atoms with Crippen molar-refractivity contribution >= 4 is 31.8 Å². The highest BCUT2D eigenvalue weighted by molar-refractivity contribution is 8.17. The number of hydrogen-bond donors (Lipinski definition) is 0. The lowest BCUT2D eigenvalue weighted by molar-refractivity contribution is -0.206. The third-order valence-corrected chi connectivity index (χ3v) is 12.9. The summed E-state index contributed by atoms with van der Waals surface area (Å²) in [6.07, 6.45) is 2.69. The first-order valence-electron chi connectivity index (χ1n) is 9.48. The van der Waals surface area contributed by atoms with Gasteiger partial charge in [-0.2, -0.15) is 0 Å². The van der Waals surface area contributed by atoms with Gasteiger partial charge in [0.05, 0.1) is 17.3 Å². The highest BCUT2D eigenvalue weighted by Crippen LogP contribution is 2.41. The van der Waals surface area contributed by atoms with Gasteiger partial charge in [-0.25, -0.2) is 0 Å². The highest BCUT2D eigenvalue weighted by Gasteiger charge is 2.41. The molecule has 3 nitrogen and oxygen atoms in total. The Morgan fingerprint density at radius 3 is 2.12 bits per heavy atom. The average molecular weight is 409 g/mol. The van der Waals surface area contributed by atoms with Crippen LogP contribution in [0.3, 0.4) is 0 Å². The summed E-state index contributed by atoms with van der Waals surface area (Å²) in [5, 5.41) is 0.227. The molecular formula is C19H40O3S2Si. The van der Waals surface area contributed by atoms with Crippen LogP contribution in [0.15, 0.2) is 0 Å². The van der Waals surface area contributed by atoms with E-state index in [-0.39, 0.29) is 11.1 Å². The quantitative estimate of drug-likeness (QED) is 0.344. The first kappa shape index (κ1) is 23.8. The van der Waals surface area contributed by atoms with Crippen molar-refractivity contribution in [3.63, 3.8) is 0 Å². The van der Waals surface area contributed by atoms with E-state index in [1.165, 1.54) is 17.9 Å². The van der Waals surface area contributed by atoms with Crippen molar-refractivity contribution in [3.8, 4) is 0 Å². The molecule has 0 aliphatic carbocycles. The average Bonchev–Trinajstić information content (AvgIpc) is 2.52. The molecule has 0 saturated carbocycles. The Kier molecular flexibility index (Phi) is 9.37. The van der Waals surface area contributed by atoms with E-state index < -0.39 is 14.1 Å². The lowest BCUT2D eigenvalue weighted by Crippen LogP contribution is -2.47. The maximum atomic E-state index is 6.86. The Labute approximate surface area is 165 Å². The molecule has 0 aromatic heterocycles. The first-order chi connectivity index (χ1) is 11.4. The summed E-state index contributed by atoms with van der Waals surface area (Å²) in [6, 6.07) is 0. The summed E-state index contributed by atoms with van der Waals surface area (Å²) in [5.41, 5.74) is 0. The van der Waals surface area contributed by atoms with Gasteiger partial charge in [-0.1, -0.05) is 27.7 Å². The van der Waals surface area contributed by atoms with E-state index in [2.05, 4.69) is 64.3 Å². The fourth-order valence-electron chi connectivity index (χ4n) is 2.31. The molecule has 1 saturated heterocycles. The monoisotopic (exact) mass is 408 g/mol. The van der Waals surface area contributed by atoms with E-state index in [9.17, 15) is 0 Å². The third-order valence-electron chi connectivity index (χ3n) is 5.39. The van der Waals surface area contributed by atoms with Crippen molar-refractivity contribution in [2.24, 2.45) is 5.92 Å². The van der Waals surface area contributed by atoms with Gasteiger partial charge in [0, 0.05) is 13.0 Å². The molecule has 25 heavy (non-hydrogen) atoms. The van der Waals surface area contributed by atoms with Gasteiger partial charge in [0.25, 0.3) is 0 Å². The molecule has 1 aliphatic heterocycles. The Hall–Kier alpha value is 0.797. The van der Waals surface area contributed by atoms with Gasteiger partial charge in [0.2, 0.25) is 0 Å². The van der Waals surface area contributed by atoms with Crippen LogP contribution in [0.25, 0.3) is 0 Å². The largest absolute Gasteiger partial charge is 0.414 e. The van der Waals surface area contributed by atoms with E-state index >= 15 is 0 Å². The van der Waals surface area contributed by atoms with Crippen LogP contribution in [0.2, 0.25) is 18.1 Å². The second kappa shape index (κ2) is 9.83. The fourth-order valence-corrected chi connectivity index (χ4v) is 6.70. The second-order valence-electron chi connectivity index (χ2n) is 9.07. The van der Waals surface area contributed by atoms with Crippen LogP contribution >= 0.6 is 23.5 Å². The van der Waals surface area contributed by atoms with Gasteiger partial charge in [-0.3, -0.25) is 0 Å². The van der Waals surface area contributed by atoms with Crippen molar-refractivity contribution in [2.45, 2.75) is 89.0 Å². The molecule has 0 radical (unpaired) electrons. The van der Waals surface area contributed by atoms with Crippen LogP contribution in [0.5, 0.6) is 0 Å². The number of rotatable bonds is 9. The minimum absolute atomic E-state index is 0.227. The molecule has 1 rings (SSSR count). The summed E-state index contributed by atoms with van der Waals surface area (Å²) in [5.74, 6) is 2.38. The lowest BCUT2D eigenvalue weighted by Gasteiger charge is -2.42. The number of methoxy groups -OCH3 is 1. The maximum absolute atomic E-state index is 6.86. The normalized spacial score (nSPS) is 20.5. The van der Waals surface area contributed by atoms with E-state index in [1.807, 2.05) is 13.8 Å². The van der Waals surface area contributed by atoms with Crippen LogP contribution in [-0.2, 0) is 13.9 Å². The maximum Gasteiger partial charge on any atom is 0.192 e. The van der Waals surface area contributed by atoms with Gasteiger partial charge in [-0.15, -0.1) is 23.5 Å². The molecule has 0 N–H and O–H groups in total. The highest BCUT2D eigenvalue weighted by atomic mass is 32.2. The lowest BCUT2D eigenvalue weighted by atomic mass is 10.0. The zero-order chi connectivity index (χ0) is 19.3. The number of thioether (sulfide) groups is 2. The van der Waals surface area contributed by atoms with Crippen LogP contribution in [0, 0.1) is 5.92 Å². The van der Waals surface area contributed by atoms with E-state index in [0.29, 0.717) is 17.1 Å². The molecule has 1 aliphatic rings. The molecule has 0 spiro atoms. The molecule has 0 aromatic rings. The van der Waals surface area contributed by atoms with Gasteiger partial charge < -0.3 is 13.9 Å². The zero-order valence-corrected chi connectivity index (χ0v) is 20.4. The molecule has 0 aromatic carbocycles. The van der Waals surface area contributed by atoms with E-state index in [4.69, 9.17) is 13.9 Å². The third kappa shape index (κ3) is 8.14. The summed E-state index contributed by atoms with van der Waals surface area (Å²) in [4.78, 5) is 0. The van der Waals surface area contributed by atoms with Crippen molar-refractivity contribution in [1.29, 1.82) is 0 Å². The Balaban J connectivity index is 2.78. The van der Waals surface area contributed by atoms with Crippen LogP contribution in [0.4, 0.5) is 0 Å².